The van der Waals surface area contributed by atoms with Crippen LogP contribution in [0.1, 0.15) is 219 Å². The molecule has 0 aromatic heterocycles. The van der Waals surface area contributed by atoms with E-state index in [0.29, 0.717) is 12.8 Å². The first-order chi connectivity index (χ1) is 26.7. The molecule has 10 nitrogen and oxygen atoms in total. The molecule has 326 valence electrons. The number of hydrogen-bond donors (Lipinski definition) is 3. The predicted molar refractivity (Wildman–Crippen MR) is 224 cm³/mol. The number of phosphoric ester groups is 1. The number of allylic oxidation sites excluding steroid dienone is 2. The van der Waals surface area contributed by atoms with Crippen molar-refractivity contribution in [3.05, 3.63) is 12.2 Å². The Morgan fingerprint density at radius 2 is 0.891 bits per heavy atom. The zero-order valence-corrected chi connectivity index (χ0v) is 36.3. The van der Waals surface area contributed by atoms with E-state index in [1.165, 1.54) is 135 Å². The standard InChI is InChI=1S/C44H85O10P/c1-3-5-7-9-11-13-15-17-18-19-20-21-22-24-26-28-30-32-34-36-44(48)54-42(40-53-55(49,50)52-38-41(46)37-45)39-51-43(47)35-33-31-29-27-25-23-16-14-12-10-8-6-4-2/h19-20,41-42,45-46H,3-18,21-40H2,1-2H3,(H,49,50)/b20-19-/t41-,42+/m0/s1. The molecule has 0 saturated heterocycles. The number of rotatable bonds is 43. The number of hydrogen-bond acceptors (Lipinski definition) is 9. The molecule has 0 saturated carbocycles. The van der Waals surface area contributed by atoms with Crippen LogP contribution in [0.4, 0.5) is 0 Å². The van der Waals surface area contributed by atoms with Crippen LogP contribution in [-0.4, -0.2) is 65.7 Å². The summed E-state index contributed by atoms with van der Waals surface area (Å²) >= 11 is 0. The first kappa shape index (κ1) is 53.7. The van der Waals surface area contributed by atoms with E-state index in [0.717, 1.165) is 44.9 Å². The van der Waals surface area contributed by atoms with E-state index in [1.807, 2.05) is 0 Å². The molecule has 0 aliphatic rings. The number of unbranched alkanes of at least 4 members (excludes halogenated alkanes) is 27. The van der Waals surface area contributed by atoms with Crippen molar-refractivity contribution in [2.45, 2.75) is 232 Å². The van der Waals surface area contributed by atoms with Gasteiger partial charge in [-0.05, 0) is 38.5 Å². The van der Waals surface area contributed by atoms with Gasteiger partial charge in [-0.2, -0.15) is 0 Å². The van der Waals surface area contributed by atoms with Gasteiger partial charge in [-0.1, -0.05) is 180 Å². The molecule has 0 aromatic carbocycles. The topological polar surface area (TPSA) is 149 Å². The highest BCUT2D eigenvalue weighted by Gasteiger charge is 2.27. The molecule has 3 N–H and O–H groups in total. The van der Waals surface area contributed by atoms with Crippen molar-refractivity contribution in [2.75, 3.05) is 26.4 Å². The van der Waals surface area contributed by atoms with Crippen LogP contribution in [0.3, 0.4) is 0 Å². The van der Waals surface area contributed by atoms with Gasteiger partial charge < -0.3 is 24.6 Å². The number of carbonyl (C=O) groups excluding carboxylic acids is 2. The van der Waals surface area contributed by atoms with Crippen molar-refractivity contribution in [1.29, 1.82) is 0 Å². The number of aliphatic hydroxyl groups is 2. The van der Waals surface area contributed by atoms with Crippen LogP contribution in [-0.2, 0) is 32.7 Å². The van der Waals surface area contributed by atoms with Crippen LogP contribution >= 0.6 is 7.82 Å². The summed E-state index contributed by atoms with van der Waals surface area (Å²) in [4.78, 5) is 35.0. The van der Waals surface area contributed by atoms with E-state index < -0.39 is 51.8 Å². The van der Waals surface area contributed by atoms with Crippen LogP contribution in [0.15, 0.2) is 12.2 Å². The molecule has 11 heteroatoms. The molecular weight excluding hydrogens is 719 g/mol. The minimum Gasteiger partial charge on any atom is -0.462 e. The first-order valence-corrected chi connectivity index (χ1v) is 24.1. The van der Waals surface area contributed by atoms with E-state index >= 15 is 0 Å². The van der Waals surface area contributed by atoms with Gasteiger partial charge in [0, 0.05) is 12.8 Å². The van der Waals surface area contributed by atoms with Gasteiger partial charge in [0.05, 0.1) is 19.8 Å². The molecule has 0 amide bonds. The molecule has 3 atom stereocenters. The normalized spacial score (nSPS) is 13.9. The third-order valence-corrected chi connectivity index (χ3v) is 10.9. The van der Waals surface area contributed by atoms with E-state index in [-0.39, 0.29) is 19.4 Å². The maximum Gasteiger partial charge on any atom is 0.472 e. The lowest BCUT2D eigenvalue weighted by Gasteiger charge is -2.20. The molecule has 1 unspecified atom stereocenters. The van der Waals surface area contributed by atoms with Gasteiger partial charge in [-0.3, -0.25) is 18.6 Å². The Morgan fingerprint density at radius 1 is 0.527 bits per heavy atom. The van der Waals surface area contributed by atoms with Gasteiger partial charge in [0.2, 0.25) is 0 Å². The molecule has 55 heavy (non-hydrogen) atoms. The maximum absolute atomic E-state index is 12.6. The molecule has 0 aliphatic heterocycles. The highest BCUT2D eigenvalue weighted by molar-refractivity contribution is 7.47. The second kappa shape index (κ2) is 40.9. The zero-order chi connectivity index (χ0) is 40.5. The van der Waals surface area contributed by atoms with Crippen molar-refractivity contribution >= 4 is 19.8 Å². The third-order valence-electron chi connectivity index (χ3n) is 9.92. The number of esters is 2. The molecule has 0 bridgehead atoms. The summed E-state index contributed by atoms with van der Waals surface area (Å²) in [7, 11) is -4.61. The average molecular weight is 805 g/mol. The monoisotopic (exact) mass is 805 g/mol. The van der Waals surface area contributed by atoms with Crippen LogP contribution in [0, 0.1) is 0 Å². The lowest BCUT2D eigenvalue weighted by molar-refractivity contribution is -0.161. The molecule has 0 fully saturated rings. The van der Waals surface area contributed by atoms with E-state index in [9.17, 15) is 24.2 Å². The maximum atomic E-state index is 12.6. The van der Waals surface area contributed by atoms with Crippen molar-refractivity contribution in [3.8, 4) is 0 Å². The Morgan fingerprint density at radius 3 is 1.31 bits per heavy atom. The number of ether oxygens (including phenoxy) is 2. The predicted octanol–water partition coefficient (Wildman–Crippen LogP) is 12.0. The van der Waals surface area contributed by atoms with E-state index in [1.54, 1.807) is 0 Å². The van der Waals surface area contributed by atoms with Gasteiger partial charge in [-0.15, -0.1) is 0 Å². The van der Waals surface area contributed by atoms with Crippen LogP contribution in [0.5, 0.6) is 0 Å². The van der Waals surface area contributed by atoms with Gasteiger partial charge in [0.15, 0.2) is 6.10 Å². The van der Waals surface area contributed by atoms with Crippen molar-refractivity contribution in [1.82, 2.24) is 0 Å². The Labute approximate surface area is 336 Å². The number of aliphatic hydroxyl groups excluding tert-OH is 2. The summed E-state index contributed by atoms with van der Waals surface area (Å²) in [5.41, 5.74) is 0. The van der Waals surface area contributed by atoms with Crippen molar-refractivity contribution in [3.63, 3.8) is 0 Å². The lowest BCUT2D eigenvalue weighted by atomic mass is 10.0. The first-order valence-electron chi connectivity index (χ1n) is 22.6. The highest BCUT2D eigenvalue weighted by atomic mass is 31.2. The second-order valence-corrected chi connectivity index (χ2v) is 16.9. The summed E-state index contributed by atoms with van der Waals surface area (Å²) < 4.78 is 32.7. The van der Waals surface area contributed by atoms with Crippen LogP contribution in [0.2, 0.25) is 0 Å². The van der Waals surface area contributed by atoms with Gasteiger partial charge in [-0.25, -0.2) is 4.57 Å². The van der Waals surface area contributed by atoms with Gasteiger partial charge >= 0.3 is 19.8 Å². The Bertz CT molecular complexity index is 930. The lowest BCUT2D eigenvalue weighted by Crippen LogP contribution is -2.29. The molecule has 0 rings (SSSR count). The Kier molecular flexibility index (Phi) is 39.9. The fourth-order valence-electron chi connectivity index (χ4n) is 6.40. The number of phosphoric acid groups is 1. The highest BCUT2D eigenvalue weighted by Crippen LogP contribution is 2.43. The fraction of sp³-hybridized carbons (Fsp3) is 0.909. The largest absolute Gasteiger partial charge is 0.472 e. The van der Waals surface area contributed by atoms with E-state index in [4.69, 9.17) is 23.6 Å². The fourth-order valence-corrected chi connectivity index (χ4v) is 7.19. The molecular formula is C44H85O10P. The second-order valence-electron chi connectivity index (χ2n) is 15.4. The molecule has 0 heterocycles. The van der Waals surface area contributed by atoms with Gasteiger partial charge in [0.25, 0.3) is 0 Å². The van der Waals surface area contributed by atoms with Crippen molar-refractivity contribution in [2.24, 2.45) is 0 Å². The summed E-state index contributed by atoms with van der Waals surface area (Å²) in [6.45, 7) is 2.40. The Balaban J connectivity index is 4.23. The zero-order valence-electron chi connectivity index (χ0n) is 35.4. The number of carbonyl (C=O) groups is 2. The van der Waals surface area contributed by atoms with Gasteiger partial charge in [0.1, 0.15) is 12.7 Å². The van der Waals surface area contributed by atoms with Crippen LogP contribution < -0.4 is 0 Å². The molecule has 0 aromatic rings. The average Bonchev–Trinajstić information content (AvgIpc) is 3.17. The quantitative estimate of drug-likeness (QED) is 0.0235. The smallest absolute Gasteiger partial charge is 0.462 e. The van der Waals surface area contributed by atoms with Crippen molar-refractivity contribution < 1.29 is 47.8 Å². The van der Waals surface area contributed by atoms with E-state index in [2.05, 4.69) is 26.0 Å². The Hall–Kier alpha value is -1.29. The summed E-state index contributed by atoms with van der Waals surface area (Å²) in [5, 5.41) is 18.3. The SMILES string of the molecule is CCCCCCCCCC/C=C\CCCCCCCCCC(=O)O[C@H](COC(=O)CCCCCCCCCCCCCCC)COP(=O)(O)OC[C@@H](O)CO. The molecule has 0 spiro atoms. The summed E-state index contributed by atoms with van der Waals surface area (Å²) in [5.74, 6) is -0.919. The summed E-state index contributed by atoms with van der Waals surface area (Å²) in [6, 6.07) is 0. The minimum absolute atomic E-state index is 0.184. The van der Waals surface area contributed by atoms with Crippen LogP contribution in [0.25, 0.3) is 0 Å². The minimum atomic E-state index is -4.61. The molecule has 0 radical (unpaired) electrons. The molecule has 0 aliphatic carbocycles. The summed E-state index contributed by atoms with van der Waals surface area (Å²) in [6.07, 6.45) is 38.9. The third kappa shape index (κ3) is 40.7.